The van der Waals surface area contributed by atoms with Crippen LogP contribution in [0.1, 0.15) is 27.8 Å². The molecule has 2 aromatic rings. The van der Waals surface area contributed by atoms with Crippen LogP contribution in [0.5, 0.6) is 0 Å². The second kappa shape index (κ2) is 7.23. The second-order valence-electron chi connectivity index (χ2n) is 6.39. The summed E-state index contributed by atoms with van der Waals surface area (Å²) in [6, 6.07) is 10.4. The molecule has 7 heteroatoms. The van der Waals surface area contributed by atoms with Gasteiger partial charge in [-0.3, -0.25) is 14.5 Å². The molecule has 3 nitrogen and oxygen atoms in total. The van der Waals surface area contributed by atoms with Gasteiger partial charge in [0.25, 0.3) is 11.1 Å². The van der Waals surface area contributed by atoms with Gasteiger partial charge < -0.3 is 0 Å². The molecule has 0 bridgehead atoms. The van der Waals surface area contributed by atoms with E-state index in [1.807, 2.05) is 32.0 Å². The zero-order chi connectivity index (χ0) is 19.8. The molecule has 1 aliphatic rings. The predicted molar refractivity (Wildman–Crippen MR) is 98.9 cm³/mol. The number of hydrogen-bond donors (Lipinski definition) is 0. The number of alkyl halides is 3. The van der Waals surface area contributed by atoms with E-state index in [-0.39, 0.29) is 17.0 Å². The van der Waals surface area contributed by atoms with Crippen molar-refractivity contribution in [3.05, 3.63) is 75.2 Å². The Kier molecular flexibility index (Phi) is 5.15. The average Bonchev–Trinajstić information content (AvgIpc) is 2.81. The number of thioether (sulfide) groups is 1. The van der Waals surface area contributed by atoms with Gasteiger partial charge in [-0.2, -0.15) is 13.2 Å². The van der Waals surface area contributed by atoms with Crippen molar-refractivity contribution in [2.45, 2.75) is 26.6 Å². The first-order valence-corrected chi connectivity index (χ1v) is 8.95. The molecule has 0 spiro atoms. The quantitative estimate of drug-likeness (QED) is 0.643. The Bertz CT molecular complexity index is 930. The topological polar surface area (TPSA) is 37.4 Å². The van der Waals surface area contributed by atoms with Crippen molar-refractivity contribution in [3.8, 4) is 0 Å². The molecule has 0 saturated carbocycles. The van der Waals surface area contributed by atoms with Crippen molar-refractivity contribution < 1.29 is 22.8 Å². The molecule has 2 aromatic carbocycles. The van der Waals surface area contributed by atoms with Crippen LogP contribution in [-0.4, -0.2) is 16.0 Å². The number of aryl methyl sites for hydroxylation is 2. The lowest BCUT2D eigenvalue weighted by molar-refractivity contribution is -0.137. The Hall–Kier alpha value is -2.54. The number of carbonyl (C=O) groups excluding carboxylic acids is 2. The Morgan fingerprint density at radius 2 is 1.70 bits per heavy atom. The number of hydrogen-bond acceptors (Lipinski definition) is 3. The van der Waals surface area contributed by atoms with Crippen LogP contribution >= 0.6 is 11.8 Å². The minimum absolute atomic E-state index is 0.115. The molecule has 0 N–H and O–H groups in total. The molecule has 0 aliphatic carbocycles. The zero-order valence-corrected chi connectivity index (χ0v) is 15.4. The molecule has 0 atom stereocenters. The molecule has 1 aliphatic heterocycles. The summed E-state index contributed by atoms with van der Waals surface area (Å²) in [6.07, 6.45) is -3.14. The summed E-state index contributed by atoms with van der Waals surface area (Å²) in [5, 5.41) is -0.433. The van der Waals surface area contributed by atoms with E-state index in [1.54, 1.807) is 0 Å². The summed E-state index contributed by atoms with van der Waals surface area (Å²) >= 11 is 0.735. The van der Waals surface area contributed by atoms with Crippen molar-refractivity contribution in [1.29, 1.82) is 0 Å². The molecule has 0 unspecified atom stereocenters. The molecule has 1 fully saturated rings. The van der Waals surface area contributed by atoms with Crippen molar-refractivity contribution in [3.63, 3.8) is 0 Å². The third kappa shape index (κ3) is 4.42. The molecule has 1 heterocycles. The fourth-order valence-electron chi connectivity index (χ4n) is 2.94. The molecular formula is C20H16F3NO2S. The van der Waals surface area contributed by atoms with Crippen LogP contribution in [0, 0.1) is 13.8 Å². The lowest BCUT2D eigenvalue weighted by Gasteiger charge is -2.13. The number of rotatable bonds is 3. The Morgan fingerprint density at radius 3 is 2.33 bits per heavy atom. The second-order valence-corrected chi connectivity index (χ2v) is 7.38. The SMILES string of the molecule is Cc1cc(C)cc(CN2C(=O)S/C(=C/c3cccc(C(F)(F)F)c3)C2=O)c1. The molecule has 2 amide bonds. The minimum atomic E-state index is -4.47. The Balaban J connectivity index is 1.84. The first kappa shape index (κ1) is 19.2. The van der Waals surface area contributed by atoms with Gasteiger partial charge in [0.1, 0.15) is 0 Å². The van der Waals surface area contributed by atoms with E-state index < -0.39 is 22.9 Å². The van der Waals surface area contributed by atoms with Gasteiger partial charge in [-0.15, -0.1) is 0 Å². The highest BCUT2D eigenvalue weighted by atomic mass is 32.2. The maximum Gasteiger partial charge on any atom is 0.416 e. The van der Waals surface area contributed by atoms with Gasteiger partial charge in [0.15, 0.2) is 0 Å². The fraction of sp³-hybridized carbons (Fsp3) is 0.200. The van der Waals surface area contributed by atoms with Crippen molar-refractivity contribution in [2.75, 3.05) is 0 Å². The summed E-state index contributed by atoms with van der Waals surface area (Å²) in [4.78, 5) is 26.0. The smallest absolute Gasteiger partial charge is 0.268 e. The molecular weight excluding hydrogens is 375 g/mol. The van der Waals surface area contributed by atoms with E-state index in [0.717, 1.165) is 45.5 Å². The van der Waals surface area contributed by atoms with Gasteiger partial charge in [-0.25, -0.2) is 0 Å². The molecule has 1 saturated heterocycles. The number of nitrogens with zero attached hydrogens (tertiary/aromatic N) is 1. The number of halogens is 3. The van der Waals surface area contributed by atoms with Crippen LogP contribution in [-0.2, 0) is 17.5 Å². The van der Waals surface area contributed by atoms with E-state index in [2.05, 4.69) is 0 Å². The van der Waals surface area contributed by atoms with Crippen LogP contribution in [0.15, 0.2) is 47.4 Å². The van der Waals surface area contributed by atoms with Gasteiger partial charge in [0.2, 0.25) is 0 Å². The zero-order valence-electron chi connectivity index (χ0n) is 14.6. The molecule has 0 aromatic heterocycles. The maximum atomic E-state index is 12.8. The fourth-order valence-corrected chi connectivity index (χ4v) is 3.77. The number of carbonyl (C=O) groups is 2. The highest BCUT2D eigenvalue weighted by molar-refractivity contribution is 8.18. The number of benzene rings is 2. The molecule has 0 radical (unpaired) electrons. The van der Waals surface area contributed by atoms with Crippen LogP contribution in [0.4, 0.5) is 18.0 Å². The highest BCUT2D eigenvalue weighted by Gasteiger charge is 2.35. The summed E-state index contributed by atoms with van der Waals surface area (Å²) < 4.78 is 38.5. The van der Waals surface area contributed by atoms with E-state index in [9.17, 15) is 22.8 Å². The van der Waals surface area contributed by atoms with E-state index in [4.69, 9.17) is 0 Å². The Labute approximate surface area is 158 Å². The molecule has 140 valence electrons. The molecule has 27 heavy (non-hydrogen) atoms. The van der Waals surface area contributed by atoms with E-state index in [1.165, 1.54) is 18.2 Å². The highest BCUT2D eigenvalue weighted by Crippen LogP contribution is 2.35. The van der Waals surface area contributed by atoms with E-state index >= 15 is 0 Å². The first-order chi connectivity index (χ1) is 12.6. The third-order valence-electron chi connectivity index (χ3n) is 4.01. The largest absolute Gasteiger partial charge is 0.416 e. The van der Waals surface area contributed by atoms with Crippen LogP contribution in [0.3, 0.4) is 0 Å². The lowest BCUT2D eigenvalue weighted by atomic mass is 10.1. The molecule has 3 rings (SSSR count). The van der Waals surface area contributed by atoms with Gasteiger partial charge in [0.05, 0.1) is 17.0 Å². The van der Waals surface area contributed by atoms with Gasteiger partial charge in [0, 0.05) is 0 Å². The van der Waals surface area contributed by atoms with Crippen LogP contribution in [0.2, 0.25) is 0 Å². The first-order valence-electron chi connectivity index (χ1n) is 8.13. The maximum absolute atomic E-state index is 12.8. The van der Waals surface area contributed by atoms with Gasteiger partial charge in [-0.05, 0) is 54.9 Å². The predicted octanol–water partition coefficient (Wildman–Crippen LogP) is 5.56. The van der Waals surface area contributed by atoms with E-state index in [0.29, 0.717) is 0 Å². The van der Waals surface area contributed by atoms with Crippen molar-refractivity contribution in [2.24, 2.45) is 0 Å². The third-order valence-corrected chi connectivity index (χ3v) is 4.91. The van der Waals surface area contributed by atoms with Crippen LogP contribution < -0.4 is 0 Å². The van der Waals surface area contributed by atoms with Gasteiger partial charge >= 0.3 is 6.18 Å². The normalized spacial score (nSPS) is 16.5. The van der Waals surface area contributed by atoms with Crippen molar-refractivity contribution in [1.82, 2.24) is 4.90 Å². The van der Waals surface area contributed by atoms with Crippen molar-refractivity contribution >= 4 is 29.0 Å². The summed E-state index contributed by atoms with van der Waals surface area (Å²) in [6.45, 7) is 3.99. The Morgan fingerprint density at radius 1 is 1.04 bits per heavy atom. The summed E-state index contributed by atoms with van der Waals surface area (Å²) in [7, 11) is 0. The number of amides is 2. The van der Waals surface area contributed by atoms with Gasteiger partial charge in [-0.1, -0.05) is 41.5 Å². The number of imide groups is 1. The standard InChI is InChI=1S/C20H16F3NO2S/c1-12-6-13(2)8-15(7-12)11-24-18(25)17(27-19(24)26)10-14-4-3-5-16(9-14)20(21,22)23/h3-10H,11H2,1-2H3/b17-10+. The lowest BCUT2D eigenvalue weighted by Crippen LogP contribution is -2.27. The summed E-state index contributed by atoms with van der Waals surface area (Å²) in [5.74, 6) is -0.499. The monoisotopic (exact) mass is 391 g/mol. The average molecular weight is 391 g/mol. The minimum Gasteiger partial charge on any atom is -0.268 e. The summed E-state index contributed by atoms with van der Waals surface area (Å²) in [5.41, 5.74) is 2.30. The van der Waals surface area contributed by atoms with Crippen LogP contribution in [0.25, 0.3) is 6.08 Å².